The minimum atomic E-state index is -0.735. The number of carbonyl (C=O) groups excluding carboxylic acids is 2. The Bertz CT molecular complexity index is 1140. The van der Waals surface area contributed by atoms with Crippen LogP contribution in [0, 0.1) is 17.6 Å². The molecule has 1 heterocycles. The summed E-state index contributed by atoms with van der Waals surface area (Å²) in [6, 6.07) is 15.7. The van der Waals surface area contributed by atoms with Crippen LogP contribution in [0.15, 0.2) is 54.6 Å². The topological polar surface area (TPSA) is 52.7 Å². The van der Waals surface area contributed by atoms with Crippen LogP contribution in [0.3, 0.4) is 0 Å². The maximum absolute atomic E-state index is 14.2. The van der Waals surface area contributed by atoms with E-state index < -0.39 is 11.6 Å². The van der Waals surface area contributed by atoms with Crippen LogP contribution in [-0.4, -0.2) is 43.9 Å². The first kappa shape index (κ1) is 21.7. The molecule has 32 heavy (non-hydrogen) atoms. The summed E-state index contributed by atoms with van der Waals surface area (Å²) in [6.07, 6.45) is 0.978. The number of halogens is 2. The molecule has 1 aliphatic rings. The Morgan fingerprint density at radius 1 is 0.969 bits per heavy atom. The van der Waals surface area contributed by atoms with E-state index in [-0.39, 0.29) is 29.1 Å². The second kappa shape index (κ2) is 8.94. The van der Waals surface area contributed by atoms with Gasteiger partial charge in [-0.15, -0.1) is 0 Å². The van der Waals surface area contributed by atoms with Crippen LogP contribution in [0.5, 0.6) is 0 Å². The number of fused-ring (bicyclic) bond motifs is 1. The zero-order valence-corrected chi connectivity index (χ0v) is 18.1. The summed E-state index contributed by atoms with van der Waals surface area (Å²) in [4.78, 5) is 28.8. The fraction of sp³-hybridized carbons (Fsp3) is 0.280. The van der Waals surface area contributed by atoms with E-state index in [0.717, 1.165) is 22.9 Å². The molecule has 0 bridgehead atoms. The van der Waals surface area contributed by atoms with Gasteiger partial charge in [-0.2, -0.15) is 0 Å². The van der Waals surface area contributed by atoms with Crippen molar-refractivity contribution < 1.29 is 18.4 Å². The Morgan fingerprint density at radius 2 is 1.59 bits per heavy atom. The van der Waals surface area contributed by atoms with Crippen LogP contribution in [0.1, 0.15) is 23.2 Å². The standard InChI is InChI=1S/C25H25F2N3O2/c1-29(2)23-21(26)14-18(15-22(23)27)28-24(31)17-10-12-30(13-11-17)25(32)20-9-5-7-16-6-3-4-8-19(16)20/h3-9,14-15,17H,10-13H2,1-2H3,(H,28,31). The maximum Gasteiger partial charge on any atom is 0.254 e. The van der Waals surface area contributed by atoms with Crippen molar-refractivity contribution in [1.29, 1.82) is 0 Å². The van der Waals surface area contributed by atoms with Crippen LogP contribution >= 0.6 is 0 Å². The lowest BCUT2D eigenvalue weighted by atomic mass is 9.94. The average molecular weight is 437 g/mol. The number of hydrogen-bond acceptors (Lipinski definition) is 3. The monoisotopic (exact) mass is 437 g/mol. The van der Waals surface area contributed by atoms with Crippen molar-refractivity contribution in [3.8, 4) is 0 Å². The summed E-state index contributed by atoms with van der Waals surface area (Å²) in [5.74, 6) is -2.14. The molecule has 0 unspecified atom stereocenters. The lowest BCUT2D eigenvalue weighted by molar-refractivity contribution is -0.121. The fourth-order valence-electron chi connectivity index (χ4n) is 4.24. The molecule has 166 valence electrons. The first-order valence-corrected chi connectivity index (χ1v) is 10.6. The summed E-state index contributed by atoms with van der Waals surface area (Å²) in [6.45, 7) is 0.894. The number of likely N-dealkylation sites (tertiary alicyclic amines) is 1. The van der Waals surface area contributed by atoms with Gasteiger partial charge in [-0.3, -0.25) is 9.59 Å². The van der Waals surface area contributed by atoms with Crippen molar-refractivity contribution in [3.05, 3.63) is 71.8 Å². The van der Waals surface area contributed by atoms with Crippen LogP contribution in [0.4, 0.5) is 20.2 Å². The Morgan fingerprint density at radius 3 is 2.25 bits per heavy atom. The van der Waals surface area contributed by atoms with E-state index in [1.165, 1.54) is 4.90 Å². The van der Waals surface area contributed by atoms with Crippen LogP contribution < -0.4 is 10.2 Å². The lowest BCUT2D eigenvalue weighted by Gasteiger charge is -2.31. The summed E-state index contributed by atoms with van der Waals surface area (Å²) < 4.78 is 28.4. The summed E-state index contributed by atoms with van der Waals surface area (Å²) in [7, 11) is 3.10. The zero-order chi connectivity index (χ0) is 22.8. The van der Waals surface area contributed by atoms with E-state index in [9.17, 15) is 18.4 Å². The van der Waals surface area contributed by atoms with Crippen LogP contribution in [-0.2, 0) is 4.79 Å². The Kier molecular flexibility index (Phi) is 6.08. The largest absolute Gasteiger partial charge is 0.373 e. The number of nitrogens with one attached hydrogen (secondary N) is 1. The molecule has 7 heteroatoms. The Labute approximate surface area is 185 Å². The van der Waals surface area contributed by atoms with Gasteiger partial charge in [-0.05, 0) is 41.8 Å². The highest BCUT2D eigenvalue weighted by atomic mass is 19.1. The fourth-order valence-corrected chi connectivity index (χ4v) is 4.24. The number of amides is 2. The molecule has 1 fully saturated rings. The molecule has 0 saturated carbocycles. The minimum Gasteiger partial charge on any atom is -0.373 e. The van der Waals surface area contributed by atoms with Gasteiger partial charge in [0, 0.05) is 44.4 Å². The van der Waals surface area contributed by atoms with Gasteiger partial charge >= 0.3 is 0 Å². The SMILES string of the molecule is CN(C)c1c(F)cc(NC(=O)C2CCN(C(=O)c3cccc4ccccc34)CC2)cc1F. The van der Waals surface area contributed by atoms with E-state index in [2.05, 4.69) is 5.32 Å². The van der Waals surface area contributed by atoms with E-state index in [0.29, 0.717) is 31.5 Å². The number of piperidine rings is 1. The summed E-state index contributed by atoms with van der Waals surface area (Å²) >= 11 is 0. The number of hydrogen-bond donors (Lipinski definition) is 1. The van der Waals surface area contributed by atoms with Crippen molar-refractivity contribution in [1.82, 2.24) is 4.90 Å². The number of benzene rings is 3. The second-order valence-electron chi connectivity index (χ2n) is 8.27. The van der Waals surface area contributed by atoms with Crippen LogP contribution in [0.25, 0.3) is 10.8 Å². The third-order valence-electron chi connectivity index (χ3n) is 5.90. The first-order valence-electron chi connectivity index (χ1n) is 10.6. The van der Waals surface area contributed by atoms with E-state index in [1.807, 2.05) is 42.5 Å². The smallest absolute Gasteiger partial charge is 0.254 e. The second-order valence-corrected chi connectivity index (χ2v) is 8.27. The molecule has 2 amide bonds. The normalized spacial score (nSPS) is 14.4. The van der Waals surface area contributed by atoms with Crippen LogP contribution in [0.2, 0.25) is 0 Å². The average Bonchev–Trinajstić information content (AvgIpc) is 2.77. The van der Waals surface area contributed by atoms with Gasteiger partial charge in [-0.25, -0.2) is 8.78 Å². The predicted molar refractivity (Wildman–Crippen MR) is 122 cm³/mol. The quantitative estimate of drug-likeness (QED) is 0.645. The van der Waals surface area contributed by atoms with E-state index in [1.54, 1.807) is 19.0 Å². The molecular weight excluding hydrogens is 412 g/mol. The lowest BCUT2D eigenvalue weighted by Crippen LogP contribution is -2.41. The van der Waals surface area contributed by atoms with Crippen molar-refractivity contribution >= 4 is 34.0 Å². The van der Waals surface area contributed by atoms with Gasteiger partial charge in [0.05, 0.1) is 0 Å². The summed E-state index contributed by atoms with van der Waals surface area (Å²) in [5.41, 5.74) is 0.589. The van der Waals surface area contributed by atoms with Crippen molar-refractivity contribution in [2.75, 3.05) is 37.4 Å². The highest BCUT2D eigenvalue weighted by Crippen LogP contribution is 2.28. The van der Waals surface area contributed by atoms with Gasteiger partial charge in [0.2, 0.25) is 5.91 Å². The molecule has 4 rings (SSSR count). The molecule has 0 radical (unpaired) electrons. The van der Waals surface area contributed by atoms with E-state index in [4.69, 9.17) is 0 Å². The first-order chi connectivity index (χ1) is 15.3. The predicted octanol–water partition coefficient (Wildman–Crippen LogP) is 4.67. The van der Waals surface area contributed by atoms with Crippen molar-refractivity contribution in [2.24, 2.45) is 5.92 Å². The molecule has 0 aromatic heterocycles. The summed E-state index contributed by atoms with van der Waals surface area (Å²) in [5, 5.41) is 4.53. The third-order valence-corrected chi connectivity index (χ3v) is 5.90. The molecule has 1 saturated heterocycles. The number of carbonyl (C=O) groups is 2. The zero-order valence-electron chi connectivity index (χ0n) is 18.1. The number of rotatable bonds is 4. The number of nitrogens with zero attached hydrogens (tertiary/aromatic N) is 2. The molecule has 0 atom stereocenters. The molecule has 0 aliphatic carbocycles. The van der Waals surface area contributed by atoms with Crippen molar-refractivity contribution in [2.45, 2.75) is 12.8 Å². The van der Waals surface area contributed by atoms with Gasteiger partial charge < -0.3 is 15.1 Å². The Hall–Kier alpha value is -3.48. The highest BCUT2D eigenvalue weighted by molar-refractivity contribution is 6.07. The molecule has 3 aromatic rings. The molecule has 1 aliphatic heterocycles. The molecule has 1 N–H and O–H groups in total. The van der Waals surface area contributed by atoms with Gasteiger partial charge in [-0.1, -0.05) is 36.4 Å². The third kappa shape index (κ3) is 4.28. The highest BCUT2D eigenvalue weighted by Gasteiger charge is 2.29. The minimum absolute atomic E-state index is 0.0518. The maximum atomic E-state index is 14.2. The molecular formula is C25H25F2N3O2. The van der Waals surface area contributed by atoms with Gasteiger partial charge in [0.15, 0.2) is 11.6 Å². The number of anilines is 2. The molecule has 5 nitrogen and oxygen atoms in total. The Balaban J connectivity index is 1.40. The molecule has 3 aromatic carbocycles. The molecule has 0 spiro atoms. The van der Waals surface area contributed by atoms with E-state index >= 15 is 0 Å². The van der Waals surface area contributed by atoms with Gasteiger partial charge in [0.1, 0.15) is 5.69 Å². The van der Waals surface area contributed by atoms with Gasteiger partial charge in [0.25, 0.3) is 5.91 Å². The van der Waals surface area contributed by atoms with Crippen molar-refractivity contribution in [3.63, 3.8) is 0 Å².